The van der Waals surface area contributed by atoms with Crippen LogP contribution in [0.4, 0.5) is 5.69 Å². The lowest BCUT2D eigenvalue weighted by Gasteiger charge is -2.17. The third kappa shape index (κ3) is 1.69. The first-order chi connectivity index (χ1) is 9.31. The smallest absolute Gasteiger partial charge is 0.139 e. The van der Waals surface area contributed by atoms with E-state index < -0.39 is 0 Å². The number of pyridine rings is 1. The molecule has 0 unspecified atom stereocenters. The van der Waals surface area contributed by atoms with Gasteiger partial charge in [-0.25, -0.2) is 4.98 Å². The normalized spacial score (nSPS) is 15.7. The van der Waals surface area contributed by atoms with E-state index >= 15 is 0 Å². The van der Waals surface area contributed by atoms with E-state index in [0.29, 0.717) is 0 Å². The number of nitrogens with zero attached hydrogens (tertiary/aromatic N) is 3. The van der Waals surface area contributed by atoms with Crippen LogP contribution in [0.2, 0.25) is 0 Å². The molecule has 0 atom stereocenters. The van der Waals surface area contributed by atoms with E-state index in [9.17, 15) is 0 Å². The SMILES string of the molecule is Cc1ccc2nc3cc(N4CCCC4)ccn3c2c1. The molecular weight excluding hydrogens is 234 g/mol. The summed E-state index contributed by atoms with van der Waals surface area (Å²) in [5.74, 6) is 0. The van der Waals surface area contributed by atoms with Gasteiger partial charge in [-0.15, -0.1) is 0 Å². The Bertz CT molecular complexity index is 751. The predicted octanol–water partition coefficient (Wildman–Crippen LogP) is 3.40. The number of aromatic nitrogens is 2. The molecule has 1 aromatic carbocycles. The highest BCUT2D eigenvalue weighted by atomic mass is 15.1. The molecule has 1 fully saturated rings. The van der Waals surface area contributed by atoms with Crippen molar-refractivity contribution in [3.05, 3.63) is 42.1 Å². The molecule has 0 N–H and O–H groups in total. The van der Waals surface area contributed by atoms with E-state index in [2.05, 4.69) is 52.8 Å². The van der Waals surface area contributed by atoms with Gasteiger partial charge in [0, 0.05) is 31.0 Å². The van der Waals surface area contributed by atoms with Crippen LogP contribution < -0.4 is 4.90 Å². The van der Waals surface area contributed by atoms with Crippen LogP contribution in [-0.2, 0) is 0 Å². The maximum atomic E-state index is 4.72. The van der Waals surface area contributed by atoms with Crippen molar-refractivity contribution in [2.45, 2.75) is 19.8 Å². The van der Waals surface area contributed by atoms with Crippen LogP contribution >= 0.6 is 0 Å². The summed E-state index contributed by atoms with van der Waals surface area (Å²) < 4.78 is 2.18. The minimum Gasteiger partial charge on any atom is -0.371 e. The van der Waals surface area contributed by atoms with Gasteiger partial charge in [-0.1, -0.05) is 6.07 Å². The van der Waals surface area contributed by atoms with Gasteiger partial charge in [0.1, 0.15) is 5.65 Å². The number of anilines is 1. The summed E-state index contributed by atoms with van der Waals surface area (Å²) >= 11 is 0. The Hall–Kier alpha value is -2.03. The summed E-state index contributed by atoms with van der Waals surface area (Å²) in [6, 6.07) is 10.8. The zero-order valence-corrected chi connectivity index (χ0v) is 11.1. The number of fused-ring (bicyclic) bond motifs is 3. The highest BCUT2D eigenvalue weighted by molar-refractivity contribution is 5.82. The Balaban J connectivity index is 1.91. The molecule has 3 nitrogen and oxygen atoms in total. The molecule has 0 aliphatic carbocycles. The van der Waals surface area contributed by atoms with Crippen molar-refractivity contribution >= 4 is 22.4 Å². The van der Waals surface area contributed by atoms with E-state index in [1.807, 2.05) is 0 Å². The molecule has 1 saturated heterocycles. The molecule has 96 valence electrons. The number of imidazole rings is 1. The molecule has 4 rings (SSSR count). The van der Waals surface area contributed by atoms with E-state index in [0.717, 1.165) is 11.2 Å². The fraction of sp³-hybridized carbons (Fsp3) is 0.312. The van der Waals surface area contributed by atoms with Crippen molar-refractivity contribution in [3.8, 4) is 0 Å². The zero-order chi connectivity index (χ0) is 12.8. The van der Waals surface area contributed by atoms with Crippen molar-refractivity contribution in [3.63, 3.8) is 0 Å². The predicted molar refractivity (Wildman–Crippen MR) is 78.9 cm³/mol. The summed E-state index contributed by atoms with van der Waals surface area (Å²) in [6.45, 7) is 4.47. The molecular formula is C16H17N3. The Kier molecular flexibility index (Phi) is 2.28. The summed E-state index contributed by atoms with van der Waals surface area (Å²) in [5.41, 5.74) is 5.90. The average molecular weight is 251 g/mol. The van der Waals surface area contributed by atoms with E-state index in [1.54, 1.807) is 0 Å². The lowest BCUT2D eigenvalue weighted by molar-refractivity contribution is 0.949. The van der Waals surface area contributed by atoms with Gasteiger partial charge in [0.2, 0.25) is 0 Å². The van der Waals surface area contributed by atoms with Crippen LogP contribution in [0.1, 0.15) is 18.4 Å². The van der Waals surface area contributed by atoms with Crippen molar-refractivity contribution in [2.24, 2.45) is 0 Å². The molecule has 3 aromatic rings. The second kappa shape index (κ2) is 3.98. The Morgan fingerprint density at radius 2 is 1.89 bits per heavy atom. The van der Waals surface area contributed by atoms with Crippen molar-refractivity contribution < 1.29 is 0 Å². The number of benzene rings is 1. The average Bonchev–Trinajstić information content (AvgIpc) is 3.04. The molecule has 0 radical (unpaired) electrons. The first-order valence-corrected chi connectivity index (χ1v) is 6.95. The second-order valence-electron chi connectivity index (χ2n) is 5.41. The van der Waals surface area contributed by atoms with Crippen LogP contribution in [0.3, 0.4) is 0 Å². The van der Waals surface area contributed by atoms with Gasteiger partial charge in [0.25, 0.3) is 0 Å². The summed E-state index contributed by atoms with van der Waals surface area (Å²) in [4.78, 5) is 7.17. The zero-order valence-electron chi connectivity index (χ0n) is 11.1. The van der Waals surface area contributed by atoms with Gasteiger partial charge >= 0.3 is 0 Å². The molecule has 3 heterocycles. The van der Waals surface area contributed by atoms with Crippen LogP contribution in [0.5, 0.6) is 0 Å². The van der Waals surface area contributed by atoms with Gasteiger partial charge in [-0.05, 0) is 43.5 Å². The summed E-state index contributed by atoms with van der Waals surface area (Å²) in [5, 5.41) is 0. The molecule has 0 bridgehead atoms. The van der Waals surface area contributed by atoms with Gasteiger partial charge in [-0.3, -0.25) is 4.40 Å². The van der Waals surface area contributed by atoms with Gasteiger partial charge < -0.3 is 4.90 Å². The minimum atomic E-state index is 1.05. The fourth-order valence-electron chi connectivity index (χ4n) is 2.98. The van der Waals surface area contributed by atoms with Gasteiger partial charge in [0.05, 0.1) is 11.0 Å². The first-order valence-electron chi connectivity index (χ1n) is 6.95. The van der Waals surface area contributed by atoms with Crippen LogP contribution in [0, 0.1) is 6.92 Å². The van der Waals surface area contributed by atoms with E-state index in [-0.39, 0.29) is 0 Å². The molecule has 1 aliphatic rings. The largest absolute Gasteiger partial charge is 0.371 e. The van der Waals surface area contributed by atoms with Crippen molar-refractivity contribution in [1.82, 2.24) is 9.38 Å². The molecule has 19 heavy (non-hydrogen) atoms. The maximum Gasteiger partial charge on any atom is 0.139 e. The fourth-order valence-corrected chi connectivity index (χ4v) is 2.98. The molecule has 0 spiro atoms. The van der Waals surface area contributed by atoms with Gasteiger partial charge in [0.15, 0.2) is 0 Å². The lowest BCUT2D eigenvalue weighted by Crippen LogP contribution is -2.17. The number of hydrogen-bond donors (Lipinski definition) is 0. The van der Waals surface area contributed by atoms with E-state index in [1.165, 1.54) is 42.7 Å². The van der Waals surface area contributed by atoms with Crippen LogP contribution in [0.15, 0.2) is 36.5 Å². The molecule has 0 amide bonds. The Morgan fingerprint density at radius 3 is 2.74 bits per heavy atom. The molecule has 0 saturated carbocycles. The minimum absolute atomic E-state index is 1.05. The molecule has 1 aliphatic heterocycles. The topological polar surface area (TPSA) is 20.5 Å². The van der Waals surface area contributed by atoms with Crippen LogP contribution in [0.25, 0.3) is 16.7 Å². The third-order valence-electron chi connectivity index (χ3n) is 4.01. The highest BCUT2D eigenvalue weighted by Gasteiger charge is 2.13. The third-order valence-corrected chi connectivity index (χ3v) is 4.01. The number of aryl methyl sites for hydroxylation is 1. The standard InChI is InChI=1S/C16H17N3/c1-12-4-5-14-15(10-12)19-9-6-13(11-16(19)17-14)18-7-2-3-8-18/h4-6,9-11H,2-3,7-8H2,1H3. The molecule has 3 heteroatoms. The Labute approximate surface area is 112 Å². The summed E-state index contributed by atoms with van der Waals surface area (Å²) in [6.07, 6.45) is 4.76. The van der Waals surface area contributed by atoms with Crippen molar-refractivity contribution in [2.75, 3.05) is 18.0 Å². The first kappa shape index (κ1) is 10.9. The van der Waals surface area contributed by atoms with Gasteiger partial charge in [-0.2, -0.15) is 0 Å². The quantitative estimate of drug-likeness (QED) is 0.660. The maximum absolute atomic E-state index is 4.72. The van der Waals surface area contributed by atoms with Crippen LogP contribution in [-0.4, -0.2) is 22.5 Å². The summed E-state index contributed by atoms with van der Waals surface area (Å²) in [7, 11) is 0. The number of rotatable bonds is 1. The number of hydrogen-bond acceptors (Lipinski definition) is 2. The monoisotopic (exact) mass is 251 g/mol. The second-order valence-corrected chi connectivity index (χ2v) is 5.41. The highest BCUT2D eigenvalue weighted by Crippen LogP contribution is 2.24. The lowest BCUT2D eigenvalue weighted by atomic mass is 10.2. The molecule has 2 aromatic heterocycles. The van der Waals surface area contributed by atoms with E-state index in [4.69, 9.17) is 4.98 Å². The van der Waals surface area contributed by atoms with Crippen molar-refractivity contribution in [1.29, 1.82) is 0 Å². The Morgan fingerprint density at radius 1 is 1.05 bits per heavy atom.